The molecular formula is C27H26ClN5O4. The van der Waals surface area contributed by atoms with Crippen molar-refractivity contribution in [1.82, 2.24) is 14.5 Å². The largest absolute Gasteiger partial charge is 0.479 e. The molecule has 9 nitrogen and oxygen atoms in total. The Labute approximate surface area is 218 Å². The van der Waals surface area contributed by atoms with E-state index in [1.165, 1.54) is 16.2 Å². The first-order chi connectivity index (χ1) is 17.9. The van der Waals surface area contributed by atoms with Crippen LogP contribution in [-0.4, -0.2) is 45.3 Å². The number of hydrogen-bond donors (Lipinski definition) is 2. The van der Waals surface area contributed by atoms with Crippen LogP contribution in [0.4, 0.5) is 17.5 Å². The van der Waals surface area contributed by atoms with Crippen LogP contribution in [0.15, 0.2) is 65.6 Å². The molecule has 0 radical (unpaired) electrons. The fraction of sp³-hybridized carbons (Fsp3) is 0.259. The van der Waals surface area contributed by atoms with Gasteiger partial charge in [-0.25, -0.2) is 9.78 Å². The number of nitrogens with zero attached hydrogens (tertiary/aromatic N) is 4. The second-order valence-electron chi connectivity index (χ2n) is 8.99. The molecule has 0 spiro atoms. The number of rotatable bonds is 7. The van der Waals surface area contributed by atoms with Crippen LogP contribution in [0.3, 0.4) is 0 Å². The third-order valence-electron chi connectivity index (χ3n) is 6.58. The molecular weight excluding hydrogens is 494 g/mol. The Balaban J connectivity index is 1.35. The minimum atomic E-state index is -1.16. The van der Waals surface area contributed by atoms with Crippen molar-refractivity contribution in [3.8, 4) is 5.75 Å². The lowest BCUT2D eigenvalue weighted by Crippen LogP contribution is -2.34. The Hall–Kier alpha value is -4.11. The number of carboxylic acid groups (broad SMARTS) is 1. The van der Waals surface area contributed by atoms with Crippen LogP contribution in [0.5, 0.6) is 5.75 Å². The van der Waals surface area contributed by atoms with Crippen molar-refractivity contribution in [2.24, 2.45) is 7.05 Å². The molecule has 1 fully saturated rings. The first-order valence-corrected chi connectivity index (χ1v) is 12.3. The van der Waals surface area contributed by atoms with E-state index in [4.69, 9.17) is 26.4 Å². The number of nitrogens with one attached hydrogen (secondary N) is 1. The molecule has 0 unspecified atom stereocenters. The average molecular weight is 520 g/mol. The number of pyridine rings is 1. The van der Waals surface area contributed by atoms with Gasteiger partial charge in [0.15, 0.2) is 18.2 Å². The third-order valence-corrected chi connectivity index (χ3v) is 6.86. The number of ether oxygens (including phenoxy) is 1. The summed E-state index contributed by atoms with van der Waals surface area (Å²) in [5.41, 5.74) is 2.33. The number of aromatic nitrogens is 3. The molecule has 4 aromatic rings. The van der Waals surface area contributed by atoms with Crippen LogP contribution in [0.2, 0.25) is 5.02 Å². The summed E-state index contributed by atoms with van der Waals surface area (Å²) in [5, 5.41) is 13.2. The fourth-order valence-electron chi connectivity index (χ4n) is 4.65. The van der Waals surface area contributed by atoms with E-state index in [1.807, 2.05) is 18.2 Å². The lowest BCUT2D eigenvalue weighted by molar-refractivity contribution is -0.139. The second kappa shape index (κ2) is 10.5. The highest BCUT2D eigenvalue weighted by Crippen LogP contribution is 2.31. The Morgan fingerprint density at radius 3 is 2.65 bits per heavy atom. The molecule has 1 aliphatic heterocycles. The molecule has 0 saturated carbocycles. The van der Waals surface area contributed by atoms with Gasteiger partial charge in [0.1, 0.15) is 5.02 Å². The number of halogens is 1. The Bertz CT molecular complexity index is 1500. The number of aliphatic carboxylic acids is 1. The van der Waals surface area contributed by atoms with Gasteiger partial charge in [-0.15, -0.1) is 0 Å². The van der Waals surface area contributed by atoms with Gasteiger partial charge in [0.2, 0.25) is 5.95 Å². The summed E-state index contributed by atoms with van der Waals surface area (Å²) in [7, 11) is 1.61. The molecule has 1 saturated heterocycles. The summed E-state index contributed by atoms with van der Waals surface area (Å²) in [4.78, 5) is 34.7. The number of carboxylic acids is 1. The average Bonchev–Trinajstić information content (AvgIpc) is 2.91. The van der Waals surface area contributed by atoms with E-state index in [9.17, 15) is 9.59 Å². The number of anilines is 3. The molecule has 0 atom stereocenters. The molecule has 2 aromatic heterocycles. The van der Waals surface area contributed by atoms with Gasteiger partial charge in [0.05, 0.1) is 11.7 Å². The standard InChI is InChI=1S/C27H26ClN5O4/c1-32-22-8-7-20(13-19(22)14-23(26(32)36)37-16-24(34)35)30-25-21(28)15-29-27(31-25)33-11-9-18(10-12-33)17-5-3-2-4-6-17/h2-8,13-15,18H,9-12,16H2,1H3,(H,34,35)(H,29,30,31). The zero-order valence-electron chi connectivity index (χ0n) is 20.2. The molecule has 2 N–H and O–H groups in total. The molecule has 3 heterocycles. The van der Waals surface area contributed by atoms with Gasteiger partial charge in [-0.05, 0) is 48.6 Å². The Morgan fingerprint density at radius 2 is 1.92 bits per heavy atom. The SMILES string of the molecule is Cn1c(=O)c(OCC(=O)O)cc2cc(Nc3nc(N4CCC(c5ccccc5)CC4)ncc3Cl)ccc21. The van der Waals surface area contributed by atoms with E-state index in [1.54, 1.807) is 19.3 Å². The minimum absolute atomic E-state index is 0.0317. The van der Waals surface area contributed by atoms with Crippen molar-refractivity contribution >= 4 is 45.9 Å². The van der Waals surface area contributed by atoms with Gasteiger partial charge in [-0.1, -0.05) is 41.9 Å². The Morgan fingerprint density at radius 1 is 1.16 bits per heavy atom. The maximum atomic E-state index is 12.5. The number of carbonyl (C=O) groups is 1. The van der Waals surface area contributed by atoms with Crippen LogP contribution in [0.1, 0.15) is 24.3 Å². The highest BCUT2D eigenvalue weighted by atomic mass is 35.5. The smallest absolute Gasteiger partial charge is 0.341 e. The first kappa shape index (κ1) is 24.6. The van der Waals surface area contributed by atoms with E-state index < -0.39 is 18.1 Å². The fourth-order valence-corrected chi connectivity index (χ4v) is 4.78. The maximum absolute atomic E-state index is 12.5. The topological polar surface area (TPSA) is 110 Å². The van der Waals surface area contributed by atoms with E-state index in [0.717, 1.165) is 25.9 Å². The van der Waals surface area contributed by atoms with E-state index in [2.05, 4.69) is 39.5 Å². The molecule has 190 valence electrons. The van der Waals surface area contributed by atoms with E-state index in [0.29, 0.717) is 39.3 Å². The van der Waals surface area contributed by atoms with Gasteiger partial charge < -0.3 is 24.6 Å². The molecule has 37 heavy (non-hydrogen) atoms. The zero-order valence-corrected chi connectivity index (χ0v) is 21.0. The van der Waals surface area contributed by atoms with Crippen LogP contribution in [-0.2, 0) is 11.8 Å². The second-order valence-corrected chi connectivity index (χ2v) is 9.40. The summed E-state index contributed by atoms with van der Waals surface area (Å²) in [5.74, 6) is 0.432. The highest BCUT2D eigenvalue weighted by Gasteiger charge is 2.23. The van der Waals surface area contributed by atoms with Gasteiger partial charge in [-0.2, -0.15) is 4.98 Å². The molecule has 0 amide bonds. The number of hydrogen-bond acceptors (Lipinski definition) is 7. The molecule has 2 aromatic carbocycles. The van der Waals surface area contributed by atoms with Crippen molar-refractivity contribution in [3.63, 3.8) is 0 Å². The van der Waals surface area contributed by atoms with E-state index in [-0.39, 0.29) is 5.75 Å². The highest BCUT2D eigenvalue weighted by molar-refractivity contribution is 6.32. The van der Waals surface area contributed by atoms with Crippen molar-refractivity contribution in [3.05, 3.63) is 81.7 Å². The number of piperidine rings is 1. The minimum Gasteiger partial charge on any atom is -0.479 e. The lowest BCUT2D eigenvalue weighted by atomic mass is 9.90. The summed E-state index contributed by atoms with van der Waals surface area (Å²) in [6, 6.07) is 17.6. The quantitative estimate of drug-likeness (QED) is 0.365. The molecule has 10 heteroatoms. The van der Waals surface area contributed by atoms with Crippen LogP contribution >= 0.6 is 11.6 Å². The van der Waals surface area contributed by atoms with Gasteiger partial charge in [0, 0.05) is 31.2 Å². The zero-order chi connectivity index (χ0) is 25.9. The first-order valence-electron chi connectivity index (χ1n) is 12.0. The van der Waals surface area contributed by atoms with Crippen molar-refractivity contribution in [1.29, 1.82) is 0 Å². The van der Waals surface area contributed by atoms with Crippen LogP contribution < -0.4 is 20.5 Å². The van der Waals surface area contributed by atoms with Crippen molar-refractivity contribution in [2.75, 3.05) is 29.9 Å². The third kappa shape index (κ3) is 5.36. The number of aryl methyl sites for hydroxylation is 1. The predicted molar refractivity (Wildman–Crippen MR) is 143 cm³/mol. The predicted octanol–water partition coefficient (Wildman–Crippen LogP) is 4.57. The summed E-state index contributed by atoms with van der Waals surface area (Å²) in [6.45, 7) is 1.11. The summed E-state index contributed by atoms with van der Waals surface area (Å²) in [6.07, 6.45) is 3.64. The molecule has 1 aliphatic rings. The number of fused-ring (bicyclic) bond motifs is 1. The van der Waals surface area contributed by atoms with Gasteiger partial charge in [-0.3, -0.25) is 4.79 Å². The van der Waals surface area contributed by atoms with Crippen molar-refractivity contribution in [2.45, 2.75) is 18.8 Å². The Kier molecular flexibility index (Phi) is 6.96. The summed E-state index contributed by atoms with van der Waals surface area (Å²) >= 11 is 6.42. The van der Waals surface area contributed by atoms with Gasteiger partial charge >= 0.3 is 5.97 Å². The lowest BCUT2D eigenvalue weighted by Gasteiger charge is -2.32. The monoisotopic (exact) mass is 519 g/mol. The van der Waals surface area contributed by atoms with Crippen LogP contribution in [0, 0.1) is 0 Å². The molecule has 0 bridgehead atoms. The normalized spacial score (nSPS) is 14.1. The van der Waals surface area contributed by atoms with Crippen molar-refractivity contribution < 1.29 is 14.6 Å². The number of benzene rings is 2. The molecule has 0 aliphatic carbocycles. The van der Waals surface area contributed by atoms with Crippen LogP contribution in [0.25, 0.3) is 10.9 Å². The molecule has 5 rings (SSSR count). The summed E-state index contributed by atoms with van der Waals surface area (Å²) < 4.78 is 6.60. The van der Waals surface area contributed by atoms with Gasteiger partial charge in [0.25, 0.3) is 5.56 Å². The van der Waals surface area contributed by atoms with E-state index >= 15 is 0 Å². The maximum Gasteiger partial charge on any atom is 0.341 e.